The summed E-state index contributed by atoms with van der Waals surface area (Å²) < 4.78 is 84.4. The van der Waals surface area contributed by atoms with Gasteiger partial charge in [0.15, 0.2) is 0 Å². The van der Waals surface area contributed by atoms with Crippen molar-refractivity contribution < 1.29 is 23.2 Å². The van der Waals surface area contributed by atoms with Gasteiger partial charge in [-0.05, 0) is 68.7 Å². The molecule has 1 aromatic carbocycles. The van der Waals surface area contributed by atoms with E-state index in [4.69, 9.17) is 21.2 Å². The van der Waals surface area contributed by atoms with Crippen LogP contribution in [0.4, 0.5) is 8.78 Å². The number of aryl methyl sites for hydroxylation is 2. The topological polar surface area (TPSA) is 33.2 Å². The lowest BCUT2D eigenvalue weighted by molar-refractivity contribution is 0.0389. The molecule has 1 aliphatic heterocycles. The van der Waals surface area contributed by atoms with Crippen LogP contribution in [-0.4, -0.2) is 34.5 Å². The van der Waals surface area contributed by atoms with Crippen LogP contribution in [0.3, 0.4) is 0 Å². The maximum atomic E-state index is 15.8. The Bertz CT molecular complexity index is 1070. The first-order valence-corrected chi connectivity index (χ1v) is 8.89. The normalized spacial score (nSPS) is 28.0. The number of amides is 1. The second-order valence-electron chi connectivity index (χ2n) is 6.43. The van der Waals surface area contributed by atoms with Crippen molar-refractivity contribution in [3.8, 4) is 0 Å². The number of aromatic nitrogens is 1. The fraction of sp³-hybridized carbons (Fsp3) is 0.429. The third-order valence-corrected chi connectivity index (χ3v) is 4.68. The van der Waals surface area contributed by atoms with Gasteiger partial charge >= 0.3 is 0 Å². The number of rotatable bonds is 5. The highest BCUT2D eigenvalue weighted by atomic mass is 35.5. The molecule has 27 heavy (non-hydrogen) atoms. The average Bonchev–Trinajstić information content (AvgIpc) is 2.74. The van der Waals surface area contributed by atoms with E-state index in [1.54, 1.807) is 0 Å². The smallest absolute Gasteiger partial charge is 0.253 e. The molecule has 1 fully saturated rings. The molecule has 6 heteroatoms. The number of benzene rings is 1. The zero-order chi connectivity index (χ0) is 25.5. The zero-order valence-corrected chi connectivity index (χ0v) is 15.2. The van der Waals surface area contributed by atoms with Gasteiger partial charge in [0, 0.05) is 40.1 Å². The summed E-state index contributed by atoms with van der Waals surface area (Å²) in [6.07, 6.45) is -2.22. The van der Waals surface area contributed by atoms with Crippen molar-refractivity contribution in [2.24, 2.45) is 0 Å². The molecule has 0 spiro atoms. The first kappa shape index (κ1) is 12.4. The summed E-state index contributed by atoms with van der Waals surface area (Å²) in [5, 5.41) is -0.341. The molecular formula is C21H23ClF2N2O. The van der Waals surface area contributed by atoms with Crippen molar-refractivity contribution in [2.75, 3.05) is 13.0 Å². The molecule has 1 atom stereocenters. The summed E-state index contributed by atoms with van der Waals surface area (Å²) in [7, 11) is 0. The van der Waals surface area contributed by atoms with Gasteiger partial charge in [-0.1, -0.05) is 17.7 Å². The molecule has 2 aromatic rings. The molecule has 1 aliphatic rings. The molecular weight excluding hydrogens is 370 g/mol. The van der Waals surface area contributed by atoms with Crippen molar-refractivity contribution in [1.29, 1.82) is 0 Å². The maximum absolute atomic E-state index is 15.8. The van der Waals surface area contributed by atoms with Crippen molar-refractivity contribution in [1.82, 2.24) is 9.88 Å². The number of alkyl halides is 1. The molecule has 144 valence electrons. The van der Waals surface area contributed by atoms with Crippen molar-refractivity contribution in [3.63, 3.8) is 0 Å². The molecule has 0 bridgehead atoms. The summed E-state index contributed by atoms with van der Waals surface area (Å²) in [5.74, 6) is -1.68. The van der Waals surface area contributed by atoms with Crippen LogP contribution in [0.15, 0.2) is 36.5 Å². The lowest BCUT2D eigenvalue weighted by Crippen LogP contribution is -2.44. The van der Waals surface area contributed by atoms with Gasteiger partial charge in [-0.3, -0.25) is 9.78 Å². The van der Waals surface area contributed by atoms with Gasteiger partial charge in [-0.2, -0.15) is 0 Å². The minimum absolute atomic E-state index is 0.0715. The molecule has 3 nitrogen and oxygen atoms in total. The number of nitrogens with zero attached hydrogens (tertiary/aromatic N) is 2. The standard InChI is InChI=1S/C21H23ClF2N2O/c1-15-4-6-17(25-14-15)3-2-8-21(24)9-11-26(12-10-21)20(27)16-5-7-19(23)18(22)13-16/h4-7,13-14H,2-3,8-12H2,1H3/i1D3,9D2,11D2. The highest BCUT2D eigenvalue weighted by molar-refractivity contribution is 6.31. The Hall–Kier alpha value is -2.01. The SMILES string of the molecule is [2H]C([2H])([2H])c1ccc(CCCC2(F)CCN(C(=O)c3ccc(F)c(Cl)c3)C([2H])([2H])C2([2H])[2H])nc1. The number of carbonyl (C=O) groups is 1. The third-order valence-electron chi connectivity index (χ3n) is 4.39. The monoisotopic (exact) mass is 399 g/mol. The summed E-state index contributed by atoms with van der Waals surface area (Å²) >= 11 is 5.70. The number of hydrogen-bond acceptors (Lipinski definition) is 2. The van der Waals surface area contributed by atoms with E-state index in [0.717, 1.165) is 18.2 Å². The van der Waals surface area contributed by atoms with Crippen molar-refractivity contribution in [2.45, 2.75) is 44.6 Å². The molecule has 1 saturated heterocycles. The van der Waals surface area contributed by atoms with Crippen LogP contribution in [0.25, 0.3) is 0 Å². The maximum Gasteiger partial charge on any atom is 0.253 e. The van der Waals surface area contributed by atoms with Gasteiger partial charge in [-0.25, -0.2) is 8.78 Å². The zero-order valence-electron chi connectivity index (χ0n) is 21.4. The first-order chi connectivity index (χ1) is 15.6. The van der Waals surface area contributed by atoms with E-state index in [1.807, 2.05) is 0 Å². The Morgan fingerprint density at radius 1 is 1.44 bits per heavy atom. The summed E-state index contributed by atoms with van der Waals surface area (Å²) in [4.78, 5) is 17.5. The highest BCUT2D eigenvalue weighted by Gasteiger charge is 2.35. The summed E-state index contributed by atoms with van der Waals surface area (Å²) in [6, 6.07) is 5.99. The van der Waals surface area contributed by atoms with E-state index in [0.29, 0.717) is 10.6 Å². The summed E-state index contributed by atoms with van der Waals surface area (Å²) in [6.45, 7) is -5.67. The van der Waals surface area contributed by atoms with Gasteiger partial charge in [0.1, 0.15) is 11.5 Å². The number of carbonyl (C=O) groups excluding carboxylic acids is 1. The van der Waals surface area contributed by atoms with Gasteiger partial charge in [0.05, 0.1) is 5.02 Å². The van der Waals surface area contributed by atoms with Gasteiger partial charge in [0.25, 0.3) is 5.91 Å². The van der Waals surface area contributed by atoms with Crippen LogP contribution in [0.1, 0.15) is 56.8 Å². The van der Waals surface area contributed by atoms with E-state index in [1.165, 1.54) is 18.3 Å². The average molecular weight is 400 g/mol. The quantitative estimate of drug-likeness (QED) is 0.696. The number of halogens is 3. The fourth-order valence-corrected chi connectivity index (χ4v) is 3.00. The van der Waals surface area contributed by atoms with Crippen molar-refractivity contribution >= 4 is 17.5 Å². The van der Waals surface area contributed by atoms with E-state index in [9.17, 15) is 9.18 Å². The molecule has 3 rings (SSSR count). The Morgan fingerprint density at radius 3 is 3.00 bits per heavy atom. The highest BCUT2D eigenvalue weighted by Crippen LogP contribution is 2.32. The van der Waals surface area contributed by atoms with Crippen molar-refractivity contribution in [3.05, 3.63) is 64.2 Å². The van der Waals surface area contributed by atoms with Crippen LogP contribution in [0.5, 0.6) is 0 Å². The largest absolute Gasteiger partial charge is 0.338 e. The molecule has 2 heterocycles. The number of pyridine rings is 1. The van der Waals surface area contributed by atoms with Crippen LogP contribution in [-0.2, 0) is 6.42 Å². The van der Waals surface area contributed by atoms with E-state index >= 15 is 4.39 Å². The van der Waals surface area contributed by atoms with Gasteiger partial charge < -0.3 is 4.90 Å². The predicted molar refractivity (Wildman–Crippen MR) is 102 cm³/mol. The Labute approximate surface area is 173 Å². The molecule has 1 amide bonds. The number of piperidine rings is 1. The predicted octanol–water partition coefficient (Wildman–Crippen LogP) is 5.15. The lowest BCUT2D eigenvalue weighted by Gasteiger charge is -2.36. The second kappa shape index (κ2) is 8.34. The molecule has 1 unspecified atom stereocenters. The van der Waals surface area contributed by atoms with Crippen LogP contribution >= 0.6 is 11.6 Å². The van der Waals surface area contributed by atoms with Crippen LogP contribution in [0.2, 0.25) is 5.02 Å². The Morgan fingerprint density at radius 2 is 2.30 bits per heavy atom. The molecule has 0 aliphatic carbocycles. The van der Waals surface area contributed by atoms with Gasteiger partial charge in [-0.15, -0.1) is 0 Å². The molecule has 0 N–H and O–H groups in total. The third kappa shape index (κ3) is 5.04. The molecule has 0 radical (unpaired) electrons. The number of likely N-dealkylation sites (tertiary alicyclic amines) is 1. The Balaban J connectivity index is 1.72. The number of hydrogen-bond donors (Lipinski definition) is 0. The first-order valence-electron chi connectivity index (χ1n) is 12.0. The fourth-order valence-electron chi connectivity index (χ4n) is 2.82. The van der Waals surface area contributed by atoms with E-state index < -0.39 is 43.5 Å². The molecule has 0 saturated carbocycles. The van der Waals surface area contributed by atoms with Crippen LogP contribution < -0.4 is 0 Å². The van der Waals surface area contributed by atoms with Gasteiger partial charge in [0.2, 0.25) is 0 Å². The Kier molecular flexibility index (Phi) is 3.85. The lowest BCUT2D eigenvalue weighted by atomic mass is 9.87. The van der Waals surface area contributed by atoms with Crippen LogP contribution in [0, 0.1) is 12.7 Å². The minimum Gasteiger partial charge on any atom is -0.338 e. The second-order valence-corrected chi connectivity index (χ2v) is 6.84. The molecule has 1 aromatic heterocycles. The van der Waals surface area contributed by atoms with E-state index in [-0.39, 0.29) is 42.0 Å². The minimum atomic E-state index is -3.05. The summed E-state index contributed by atoms with van der Waals surface area (Å²) in [5.41, 5.74) is -2.13. The van der Waals surface area contributed by atoms with E-state index in [2.05, 4.69) is 4.98 Å².